The van der Waals surface area contributed by atoms with E-state index in [4.69, 9.17) is 15.2 Å². The Morgan fingerprint density at radius 1 is 1.10 bits per heavy atom. The van der Waals surface area contributed by atoms with Gasteiger partial charge in [0.15, 0.2) is 0 Å². The van der Waals surface area contributed by atoms with Gasteiger partial charge in [0.05, 0.1) is 19.8 Å². The largest absolute Gasteiger partial charge is 0.496 e. The molecule has 0 aliphatic carbocycles. The molecular weight excluding hydrogens is 250 g/mol. The molecule has 0 aliphatic heterocycles. The molecule has 0 aromatic heterocycles. The van der Waals surface area contributed by atoms with Crippen LogP contribution in [0.15, 0.2) is 42.5 Å². The third-order valence-corrected chi connectivity index (χ3v) is 3.31. The van der Waals surface area contributed by atoms with Crippen molar-refractivity contribution in [1.82, 2.24) is 0 Å². The van der Waals surface area contributed by atoms with Crippen LogP contribution in [0.3, 0.4) is 0 Å². The average Bonchev–Trinajstić information content (AvgIpc) is 2.47. The summed E-state index contributed by atoms with van der Waals surface area (Å²) < 4.78 is 10.8. The quantitative estimate of drug-likeness (QED) is 0.906. The van der Waals surface area contributed by atoms with Gasteiger partial charge < -0.3 is 15.2 Å². The minimum atomic E-state index is -0.167. The van der Waals surface area contributed by atoms with Crippen LogP contribution in [0.4, 0.5) is 0 Å². The molecule has 2 N–H and O–H groups in total. The van der Waals surface area contributed by atoms with Crippen molar-refractivity contribution in [3.05, 3.63) is 59.2 Å². The Balaban J connectivity index is 2.28. The van der Waals surface area contributed by atoms with E-state index in [0.717, 1.165) is 28.2 Å². The number of rotatable bonds is 5. The summed E-state index contributed by atoms with van der Waals surface area (Å²) >= 11 is 0. The lowest BCUT2D eigenvalue weighted by Crippen LogP contribution is -2.12. The van der Waals surface area contributed by atoms with Crippen LogP contribution < -0.4 is 15.2 Å². The normalized spacial score (nSPS) is 12.0. The highest BCUT2D eigenvalue weighted by Gasteiger charge is 2.11. The van der Waals surface area contributed by atoms with E-state index >= 15 is 0 Å². The number of methoxy groups -OCH3 is 1. The first-order valence-electron chi connectivity index (χ1n) is 6.78. The average molecular weight is 271 g/mol. The van der Waals surface area contributed by atoms with Crippen molar-refractivity contribution in [3.8, 4) is 11.5 Å². The highest BCUT2D eigenvalue weighted by Crippen LogP contribution is 2.27. The highest BCUT2D eigenvalue weighted by atomic mass is 16.5. The number of hydrogen-bond donors (Lipinski definition) is 1. The fourth-order valence-corrected chi connectivity index (χ4v) is 2.25. The Labute approximate surface area is 120 Å². The zero-order chi connectivity index (χ0) is 14.5. The Bertz CT molecular complexity index is 581. The lowest BCUT2D eigenvalue weighted by molar-refractivity contribution is 0.340. The van der Waals surface area contributed by atoms with Gasteiger partial charge in [-0.05, 0) is 48.7 Å². The first-order chi connectivity index (χ1) is 9.65. The Hall–Kier alpha value is -2.00. The second-order valence-corrected chi connectivity index (χ2v) is 4.71. The molecule has 1 atom stereocenters. The van der Waals surface area contributed by atoms with Crippen LogP contribution in [0.1, 0.15) is 29.7 Å². The van der Waals surface area contributed by atoms with E-state index in [2.05, 4.69) is 6.07 Å². The molecule has 0 saturated carbocycles. The summed E-state index contributed by atoms with van der Waals surface area (Å²) in [6.07, 6.45) is 0. The number of nitrogens with two attached hydrogens (primary N) is 1. The van der Waals surface area contributed by atoms with E-state index in [9.17, 15) is 0 Å². The van der Waals surface area contributed by atoms with Crippen LogP contribution in [0.25, 0.3) is 0 Å². The van der Waals surface area contributed by atoms with E-state index < -0.39 is 0 Å². The van der Waals surface area contributed by atoms with Gasteiger partial charge in [0.25, 0.3) is 0 Å². The Morgan fingerprint density at radius 3 is 2.50 bits per heavy atom. The summed E-state index contributed by atoms with van der Waals surface area (Å²) in [5, 5.41) is 0. The maximum Gasteiger partial charge on any atom is 0.121 e. The van der Waals surface area contributed by atoms with Crippen LogP contribution in [-0.2, 0) is 0 Å². The van der Waals surface area contributed by atoms with Crippen LogP contribution >= 0.6 is 0 Å². The maximum atomic E-state index is 6.35. The minimum absolute atomic E-state index is 0.167. The zero-order valence-corrected chi connectivity index (χ0v) is 12.2. The first-order valence-corrected chi connectivity index (χ1v) is 6.78. The second-order valence-electron chi connectivity index (χ2n) is 4.71. The summed E-state index contributed by atoms with van der Waals surface area (Å²) in [5.41, 5.74) is 9.54. The van der Waals surface area contributed by atoms with Crippen molar-refractivity contribution in [2.75, 3.05) is 13.7 Å². The lowest BCUT2D eigenvalue weighted by atomic mass is 9.98. The van der Waals surface area contributed by atoms with Crippen molar-refractivity contribution in [2.24, 2.45) is 5.73 Å². The molecule has 2 aromatic carbocycles. The number of hydrogen-bond acceptors (Lipinski definition) is 3. The zero-order valence-electron chi connectivity index (χ0n) is 12.2. The van der Waals surface area contributed by atoms with Crippen molar-refractivity contribution in [3.63, 3.8) is 0 Å². The van der Waals surface area contributed by atoms with E-state index in [0.29, 0.717) is 6.61 Å². The minimum Gasteiger partial charge on any atom is -0.496 e. The molecule has 0 fully saturated rings. The summed E-state index contributed by atoms with van der Waals surface area (Å²) in [4.78, 5) is 0. The predicted molar refractivity (Wildman–Crippen MR) is 81.4 cm³/mol. The summed E-state index contributed by atoms with van der Waals surface area (Å²) in [6, 6.07) is 13.8. The SMILES string of the molecule is CCOc1cccc(C(N)c2ccc(OC)c(C)c2)c1. The molecule has 0 heterocycles. The molecule has 3 heteroatoms. The lowest BCUT2D eigenvalue weighted by Gasteiger charge is -2.15. The van der Waals surface area contributed by atoms with Crippen molar-refractivity contribution in [1.29, 1.82) is 0 Å². The van der Waals surface area contributed by atoms with Crippen LogP contribution in [-0.4, -0.2) is 13.7 Å². The molecule has 0 bridgehead atoms. The molecule has 106 valence electrons. The first kappa shape index (κ1) is 14.4. The standard InChI is InChI=1S/C17H21NO2/c1-4-20-15-7-5-6-13(11-15)17(18)14-8-9-16(19-3)12(2)10-14/h5-11,17H,4,18H2,1-3H3. The fraction of sp³-hybridized carbons (Fsp3) is 0.294. The van der Waals surface area contributed by atoms with E-state index in [1.54, 1.807) is 7.11 Å². The van der Waals surface area contributed by atoms with Gasteiger partial charge in [-0.25, -0.2) is 0 Å². The number of ether oxygens (including phenoxy) is 2. The molecule has 0 aliphatic rings. The van der Waals surface area contributed by atoms with Gasteiger partial charge in [0, 0.05) is 0 Å². The molecule has 0 radical (unpaired) electrons. The van der Waals surface area contributed by atoms with Gasteiger partial charge >= 0.3 is 0 Å². The fourth-order valence-electron chi connectivity index (χ4n) is 2.25. The molecule has 0 spiro atoms. The summed E-state index contributed by atoms with van der Waals surface area (Å²) in [7, 11) is 1.67. The van der Waals surface area contributed by atoms with E-state index in [1.807, 2.05) is 50.2 Å². The van der Waals surface area contributed by atoms with Crippen molar-refractivity contribution in [2.45, 2.75) is 19.9 Å². The maximum absolute atomic E-state index is 6.35. The highest BCUT2D eigenvalue weighted by molar-refractivity contribution is 5.42. The Kier molecular flexibility index (Phi) is 4.64. The third kappa shape index (κ3) is 3.11. The molecule has 2 aromatic rings. The van der Waals surface area contributed by atoms with Crippen LogP contribution in [0, 0.1) is 6.92 Å². The molecule has 3 nitrogen and oxygen atoms in total. The van der Waals surface area contributed by atoms with Crippen LogP contribution in [0.2, 0.25) is 0 Å². The molecular formula is C17H21NO2. The van der Waals surface area contributed by atoms with Crippen molar-refractivity contribution < 1.29 is 9.47 Å². The van der Waals surface area contributed by atoms with Gasteiger partial charge in [0.2, 0.25) is 0 Å². The molecule has 0 amide bonds. The topological polar surface area (TPSA) is 44.5 Å². The van der Waals surface area contributed by atoms with E-state index in [-0.39, 0.29) is 6.04 Å². The van der Waals surface area contributed by atoms with Gasteiger partial charge in [-0.1, -0.05) is 24.3 Å². The number of benzene rings is 2. The van der Waals surface area contributed by atoms with Gasteiger partial charge in [-0.15, -0.1) is 0 Å². The molecule has 2 rings (SSSR count). The summed E-state index contributed by atoms with van der Waals surface area (Å²) in [5.74, 6) is 1.73. The Morgan fingerprint density at radius 2 is 1.85 bits per heavy atom. The second kappa shape index (κ2) is 6.44. The number of aryl methyl sites for hydroxylation is 1. The van der Waals surface area contributed by atoms with Gasteiger partial charge in [-0.3, -0.25) is 0 Å². The van der Waals surface area contributed by atoms with Crippen molar-refractivity contribution >= 4 is 0 Å². The van der Waals surface area contributed by atoms with E-state index in [1.165, 1.54) is 0 Å². The predicted octanol–water partition coefficient (Wildman–Crippen LogP) is 3.45. The third-order valence-electron chi connectivity index (χ3n) is 3.31. The smallest absolute Gasteiger partial charge is 0.121 e. The molecule has 20 heavy (non-hydrogen) atoms. The summed E-state index contributed by atoms with van der Waals surface area (Å²) in [6.45, 7) is 4.64. The van der Waals surface area contributed by atoms with Gasteiger partial charge in [0.1, 0.15) is 11.5 Å². The molecule has 1 unspecified atom stereocenters. The van der Waals surface area contributed by atoms with Crippen LogP contribution in [0.5, 0.6) is 11.5 Å². The molecule has 0 saturated heterocycles. The van der Waals surface area contributed by atoms with Gasteiger partial charge in [-0.2, -0.15) is 0 Å². The monoisotopic (exact) mass is 271 g/mol.